The predicted octanol–water partition coefficient (Wildman–Crippen LogP) is 9.32. The van der Waals surface area contributed by atoms with E-state index in [0.717, 1.165) is 57.8 Å². The standard InChI is InChI=1S/C38H49NO3/c1-24-14-30(35(40)32(16-24)38-21-26-18-27(22-38)20-28(19-26)23-38)29-10-7-8-11-33(29)39(12-9-13-42-6)34-17-25(2)15-31(36(34)41)37(3,4)5/h7-8,10-11,14-17,26-28,40-41H,9,12-13,18-23H2,1-6H3. The highest BCUT2D eigenvalue weighted by atomic mass is 16.5. The lowest BCUT2D eigenvalue weighted by Gasteiger charge is -2.57. The highest BCUT2D eigenvalue weighted by Crippen LogP contribution is 2.62. The fourth-order valence-electron chi connectivity index (χ4n) is 9.04. The zero-order chi connectivity index (χ0) is 29.8. The van der Waals surface area contributed by atoms with Crippen LogP contribution in [0.2, 0.25) is 0 Å². The lowest BCUT2D eigenvalue weighted by atomic mass is 9.48. The van der Waals surface area contributed by atoms with Crippen LogP contribution < -0.4 is 4.90 Å². The lowest BCUT2D eigenvalue weighted by molar-refractivity contribution is -0.00612. The van der Waals surface area contributed by atoms with E-state index in [1.54, 1.807) is 7.11 Å². The number of rotatable bonds is 8. The number of hydrogen-bond donors (Lipinski definition) is 2. The van der Waals surface area contributed by atoms with Gasteiger partial charge in [0.15, 0.2) is 0 Å². The number of aromatic hydroxyl groups is 2. The average molecular weight is 568 g/mol. The van der Waals surface area contributed by atoms with Crippen LogP contribution in [0.3, 0.4) is 0 Å². The zero-order valence-electron chi connectivity index (χ0n) is 26.5. The Kier molecular flexibility index (Phi) is 7.58. The summed E-state index contributed by atoms with van der Waals surface area (Å²) in [5.41, 5.74) is 8.01. The molecule has 0 amide bonds. The van der Waals surface area contributed by atoms with Gasteiger partial charge in [0, 0.05) is 48.2 Å². The number of hydrogen-bond acceptors (Lipinski definition) is 4. The van der Waals surface area contributed by atoms with Gasteiger partial charge in [0.05, 0.1) is 5.69 Å². The summed E-state index contributed by atoms with van der Waals surface area (Å²) in [6.45, 7) is 12.0. The fourth-order valence-corrected chi connectivity index (χ4v) is 9.04. The summed E-state index contributed by atoms with van der Waals surface area (Å²) in [6, 6.07) is 17.0. The molecule has 4 bridgehead atoms. The van der Waals surface area contributed by atoms with Crippen molar-refractivity contribution in [3.05, 3.63) is 70.8 Å². The van der Waals surface area contributed by atoms with Crippen LogP contribution in [0, 0.1) is 31.6 Å². The predicted molar refractivity (Wildman–Crippen MR) is 173 cm³/mol. The number of ether oxygens (including phenoxy) is 1. The first kappa shape index (κ1) is 29.1. The number of nitrogens with zero attached hydrogens (tertiary/aromatic N) is 1. The number of para-hydroxylation sites is 1. The highest BCUT2D eigenvalue weighted by molar-refractivity contribution is 5.87. The van der Waals surface area contributed by atoms with Crippen molar-refractivity contribution in [3.8, 4) is 22.6 Å². The Morgan fingerprint density at radius 3 is 2.05 bits per heavy atom. The maximum Gasteiger partial charge on any atom is 0.142 e. The van der Waals surface area contributed by atoms with Gasteiger partial charge >= 0.3 is 0 Å². The van der Waals surface area contributed by atoms with Crippen LogP contribution in [0.5, 0.6) is 11.5 Å². The molecule has 0 aromatic heterocycles. The smallest absolute Gasteiger partial charge is 0.142 e. The fraction of sp³-hybridized carbons (Fsp3) is 0.526. The molecule has 0 heterocycles. The van der Waals surface area contributed by atoms with E-state index in [0.29, 0.717) is 24.7 Å². The Morgan fingerprint density at radius 1 is 0.810 bits per heavy atom. The van der Waals surface area contributed by atoms with Crippen molar-refractivity contribution in [2.24, 2.45) is 17.8 Å². The Bertz CT molecular complexity index is 1430. The van der Waals surface area contributed by atoms with E-state index in [-0.39, 0.29) is 10.8 Å². The van der Waals surface area contributed by atoms with Gasteiger partial charge in [0.25, 0.3) is 0 Å². The SMILES string of the molecule is COCCCN(c1ccccc1-c1cc(C)cc(C23CC4CC(CC(C4)C2)C3)c1O)c1cc(C)cc(C(C)(C)C)c1O. The van der Waals surface area contributed by atoms with Crippen LogP contribution in [0.4, 0.5) is 11.4 Å². The van der Waals surface area contributed by atoms with Crippen LogP contribution in [-0.4, -0.2) is 30.5 Å². The summed E-state index contributed by atoms with van der Waals surface area (Å²) in [6.07, 6.45) is 8.60. The first-order chi connectivity index (χ1) is 20.0. The molecule has 2 N–H and O–H groups in total. The molecule has 0 unspecified atom stereocenters. The molecular formula is C38H49NO3. The zero-order valence-corrected chi connectivity index (χ0v) is 26.5. The van der Waals surface area contributed by atoms with Gasteiger partial charge in [0.2, 0.25) is 0 Å². The minimum Gasteiger partial charge on any atom is -0.507 e. The van der Waals surface area contributed by atoms with Crippen molar-refractivity contribution in [1.29, 1.82) is 0 Å². The van der Waals surface area contributed by atoms with Crippen LogP contribution in [0.1, 0.15) is 88.0 Å². The molecule has 4 aliphatic carbocycles. The molecule has 42 heavy (non-hydrogen) atoms. The van der Waals surface area contributed by atoms with Crippen LogP contribution >= 0.6 is 0 Å². The first-order valence-corrected chi connectivity index (χ1v) is 16.0. The van der Waals surface area contributed by atoms with E-state index < -0.39 is 0 Å². The number of methoxy groups -OCH3 is 1. The van der Waals surface area contributed by atoms with E-state index in [1.807, 2.05) is 0 Å². The Balaban J connectivity index is 1.50. The average Bonchev–Trinajstić information content (AvgIpc) is 2.92. The Labute approximate surface area is 252 Å². The highest BCUT2D eigenvalue weighted by Gasteiger charge is 2.52. The summed E-state index contributed by atoms with van der Waals surface area (Å²) in [4.78, 5) is 2.23. The molecule has 0 spiro atoms. The van der Waals surface area contributed by atoms with Gasteiger partial charge in [-0.05, 0) is 117 Å². The first-order valence-electron chi connectivity index (χ1n) is 16.0. The van der Waals surface area contributed by atoms with Crippen LogP contribution in [-0.2, 0) is 15.6 Å². The molecule has 0 aliphatic heterocycles. The van der Waals surface area contributed by atoms with E-state index in [1.165, 1.54) is 49.7 Å². The Hall–Kier alpha value is -2.98. The monoisotopic (exact) mass is 567 g/mol. The van der Waals surface area contributed by atoms with Crippen molar-refractivity contribution in [1.82, 2.24) is 0 Å². The number of aryl methyl sites for hydroxylation is 2. The van der Waals surface area contributed by atoms with Gasteiger partial charge < -0.3 is 19.8 Å². The molecular weight excluding hydrogens is 518 g/mol. The summed E-state index contributed by atoms with van der Waals surface area (Å²) in [5, 5.41) is 23.9. The third kappa shape index (κ3) is 5.21. The minimum atomic E-state index is -0.204. The van der Waals surface area contributed by atoms with Crippen molar-refractivity contribution in [2.45, 2.75) is 90.4 Å². The van der Waals surface area contributed by atoms with Crippen molar-refractivity contribution >= 4 is 11.4 Å². The summed E-state index contributed by atoms with van der Waals surface area (Å²) >= 11 is 0. The molecule has 0 radical (unpaired) electrons. The molecule has 4 nitrogen and oxygen atoms in total. The van der Waals surface area contributed by atoms with Gasteiger partial charge in [-0.1, -0.05) is 51.1 Å². The molecule has 224 valence electrons. The molecule has 4 aliphatic rings. The van der Waals surface area contributed by atoms with E-state index in [9.17, 15) is 10.2 Å². The molecule has 0 atom stereocenters. The Morgan fingerprint density at radius 2 is 1.43 bits per heavy atom. The second-order valence-corrected chi connectivity index (χ2v) is 14.9. The van der Waals surface area contributed by atoms with E-state index in [4.69, 9.17) is 4.74 Å². The van der Waals surface area contributed by atoms with E-state index in [2.05, 4.69) is 88.0 Å². The molecule has 7 rings (SSSR count). The number of anilines is 2. The third-order valence-electron chi connectivity index (χ3n) is 10.4. The van der Waals surface area contributed by atoms with Crippen LogP contribution in [0.15, 0.2) is 48.5 Å². The molecule has 4 fully saturated rings. The molecule has 4 saturated carbocycles. The van der Waals surface area contributed by atoms with Gasteiger partial charge in [0.1, 0.15) is 11.5 Å². The molecule has 4 heteroatoms. The summed E-state index contributed by atoms with van der Waals surface area (Å²) in [5.74, 6) is 3.21. The minimum absolute atomic E-state index is 0.100. The summed E-state index contributed by atoms with van der Waals surface area (Å²) < 4.78 is 5.45. The quantitative estimate of drug-likeness (QED) is 0.266. The molecule has 3 aromatic rings. The van der Waals surface area contributed by atoms with Gasteiger partial charge in [-0.15, -0.1) is 0 Å². The largest absolute Gasteiger partial charge is 0.507 e. The second kappa shape index (κ2) is 10.9. The van der Waals surface area contributed by atoms with Gasteiger partial charge in [-0.3, -0.25) is 0 Å². The van der Waals surface area contributed by atoms with Crippen molar-refractivity contribution in [2.75, 3.05) is 25.2 Å². The van der Waals surface area contributed by atoms with Gasteiger partial charge in [-0.25, -0.2) is 0 Å². The van der Waals surface area contributed by atoms with Crippen LogP contribution in [0.25, 0.3) is 11.1 Å². The third-order valence-corrected chi connectivity index (χ3v) is 10.4. The summed E-state index contributed by atoms with van der Waals surface area (Å²) in [7, 11) is 1.73. The number of phenols is 2. The molecule has 3 aromatic carbocycles. The van der Waals surface area contributed by atoms with Crippen molar-refractivity contribution in [3.63, 3.8) is 0 Å². The topological polar surface area (TPSA) is 52.9 Å². The molecule has 0 saturated heterocycles. The maximum atomic E-state index is 12.2. The lowest BCUT2D eigenvalue weighted by Crippen LogP contribution is -2.48. The second-order valence-electron chi connectivity index (χ2n) is 14.9. The van der Waals surface area contributed by atoms with E-state index >= 15 is 0 Å². The number of benzene rings is 3. The normalized spacial score (nSPS) is 24.8. The number of phenolic OH excluding ortho intramolecular Hbond substituents is 2. The van der Waals surface area contributed by atoms with Crippen molar-refractivity contribution < 1.29 is 14.9 Å². The maximum absolute atomic E-state index is 12.2. The van der Waals surface area contributed by atoms with Gasteiger partial charge in [-0.2, -0.15) is 0 Å².